The van der Waals surface area contributed by atoms with Gasteiger partial charge in [0, 0.05) is 6.54 Å². The quantitative estimate of drug-likeness (QED) is 0.895. The number of carbonyl (C=O) groups is 2. The van der Waals surface area contributed by atoms with Crippen LogP contribution in [0.25, 0.3) is 0 Å². The number of nitrogens with zero attached hydrogens (tertiary/aromatic N) is 1. The monoisotopic (exact) mass is 317 g/mol. The molecule has 3 amide bonds. The number of urea groups is 1. The predicted molar refractivity (Wildman–Crippen MR) is 83.9 cm³/mol. The fourth-order valence-electron chi connectivity index (χ4n) is 2.96. The zero-order valence-electron chi connectivity index (χ0n) is 13.2. The van der Waals surface area contributed by atoms with Gasteiger partial charge in [-0.1, -0.05) is 26.0 Å². The van der Waals surface area contributed by atoms with Crippen LogP contribution in [0.15, 0.2) is 35.5 Å². The minimum atomic E-state index is -0.606. The van der Waals surface area contributed by atoms with E-state index in [4.69, 9.17) is 0 Å². The number of carbonyl (C=O) groups excluding carboxylic acids is 2. The van der Waals surface area contributed by atoms with Crippen molar-refractivity contribution in [2.24, 2.45) is 5.92 Å². The van der Waals surface area contributed by atoms with Gasteiger partial charge in [0.1, 0.15) is 5.82 Å². The van der Waals surface area contributed by atoms with Gasteiger partial charge in [0.05, 0.1) is 23.9 Å². The molecule has 6 heteroatoms. The average Bonchev–Trinajstić information content (AvgIpc) is 2.80. The van der Waals surface area contributed by atoms with Crippen molar-refractivity contribution in [3.63, 3.8) is 0 Å². The molecular formula is C17H20FN3O2. The second-order valence-corrected chi connectivity index (χ2v) is 6.39. The molecule has 23 heavy (non-hydrogen) atoms. The summed E-state index contributed by atoms with van der Waals surface area (Å²) in [5.41, 5.74) is 1.71. The Bertz CT molecular complexity index is 684. The van der Waals surface area contributed by atoms with Gasteiger partial charge in [0.2, 0.25) is 0 Å². The SMILES string of the molecule is CC(C)CCN1CC2=C(C1=O)[C@H](c1cccc(F)c1)NC(=O)N2. The van der Waals surface area contributed by atoms with E-state index in [0.717, 1.165) is 6.42 Å². The van der Waals surface area contributed by atoms with Gasteiger partial charge in [0.25, 0.3) is 5.91 Å². The van der Waals surface area contributed by atoms with Gasteiger partial charge in [-0.15, -0.1) is 0 Å². The summed E-state index contributed by atoms with van der Waals surface area (Å²) in [5.74, 6) is 0.00844. The van der Waals surface area contributed by atoms with Gasteiger partial charge in [-0.25, -0.2) is 9.18 Å². The minimum Gasteiger partial charge on any atom is -0.333 e. The van der Waals surface area contributed by atoms with E-state index in [-0.39, 0.29) is 17.8 Å². The number of benzene rings is 1. The zero-order valence-corrected chi connectivity index (χ0v) is 13.2. The maximum Gasteiger partial charge on any atom is 0.319 e. The van der Waals surface area contributed by atoms with E-state index in [1.807, 2.05) is 0 Å². The highest BCUT2D eigenvalue weighted by atomic mass is 19.1. The van der Waals surface area contributed by atoms with Crippen LogP contribution in [0, 0.1) is 11.7 Å². The van der Waals surface area contributed by atoms with Crippen LogP contribution in [-0.4, -0.2) is 29.9 Å². The molecule has 0 saturated heterocycles. The van der Waals surface area contributed by atoms with Crippen LogP contribution >= 0.6 is 0 Å². The average molecular weight is 317 g/mol. The predicted octanol–water partition coefficient (Wildman–Crippen LogP) is 2.32. The smallest absolute Gasteiger partial charge is 0.319 e. The lowest BCUT2D eigenvalue weighted by molar-refractivity contribution is -0.125. The van der Waals surface area contributed by atoms with Crippen molar-refractivity contribution < 1.29 is 14.0 Å². The minimum absolute atomic E-state index is 0.0950. The number of hydrogen-bond donors (Lipinski definition) is 2. The molecule has 2 aliphatic heterocycles. The molecule has 0 aromatic heterocycles. The first-order valence-corrected chi connectivity index (χ1v) is 7.81. The van der Waals surface area contributed by atoms with Crippen molar-refractivity contribution in [2.45, 2.75) is 26.3 Å². The van der Waals surface area contributed by atoms with E-state index >= 15 is 0 Å². The third-order valence-corrected chi connectivity index (χ3v) is 4.18. The van der Waals surface area contributed by atoms with Gasteiger partial charge >= 0.3 is 6.03 Å². The molecule has 1 aromatic rings. The van der Waals surface area contributed by atoms with Gasteiger partial charge in [-0.2, -0.15) is 0 Å². The summed E-state index contributed by atoms with van der Waals surface area (Å²) >= 11 is 0. The summed E-state index contributed by atoms with van der Waals surface area (Å²) in [6, 6.07) is 5.02. The molecule has 0 saturated carbocycles. The van der Waals surface area contributed by atoms with Gasteiger partial charge in [-0.05, 0) is 30.0 Å². The fraction of sp³-hybridized carbons (Fsp3) is 0.412. The largest absolute Gasteiger partial charge is 0.333 e. The van der Waals surface area contributed by atoms with Crippen molar-refractivity contribution in [2.75, 3.05) is 13.1 Å². The van der Waals surface area contributed by atoms with Crippen LogP contribution < -0.4 is 10.6 Å². The number of nitrogens with one attached hydrogen (secondary N) is 2. The van der Waals surface area contributed by atoms with Crippen LogP contribution in [0.5, 0.6) is 0 Å². The summed E-state index contributed by atoms with van der Waals surface area (Å²) < 4.78 is 13.5. The Balaban J connectivity index is 1.88. The third kappa shape index (κ3) is 3.06. The van der Waals surface area contributed by atoms with E-state index in [9.17, 15) is 14.0 Å². The molecule has 5 nitrogen and oxygen atoms in total. The van der Waals surface area contributed by atoms with E-state index in [1.54, 1.807) is 17.0 Å². The Morgan fingerprint density at radius 2 is 2.13 bits per heavy atom. The first kappa shape index (κ1) is 15.5. The Morgan fingerprint density at radius 3 is 2.83 bits per heavy atom. The number of rotatable bonds is 4. The highest BCUT2D eigenvalue weighted by Crippen LogP contribution is 2.32. The van der Waals surface area contributed by atoms with Crippen LogP contribution in [0.2, 0.25) is 0 Å². The van der Waals surface area contributed by atoms with Crippen molar-refractivity contribution in [1.82, 2.24) is 15.5 Å². The Kier molecular flexibility index (Phi) is 4.07. The van der Waals surface area contributed by atoms with Crippen molar-refractivity contribution >= 4 is 11.9 Å². The molecule has 0 bridgehead atoms. The molecule has 2 N–H and O–H groups in total. The Hall–Kier alpha value is -2.37. The summed E-state index contributed by atoms with van der Waals surface area (Å²) in [6.07, 6.45) is 0.901. The Morgan fingerprint density at radius 1 is 1.35 bits per heavy atom. The number of halogens is 1. The van der Waals surface area contributed by atoms with Gasteiger partial charge < -0.3 is 15.5 Å². The molecule has 0 aliphatic carbocycles. The molecule has 0 radical (unpaired) electrons. The first-order chi connectivity index (χ1) is 11.0. The molecule has 0 spiro atoms. The molecule has 0 unspecified atom stereocenters. The molecule has 1 atom stereocenters. The zero-order chi connectivity index (χ0) is 16.6. The topological polar surface area (TPSA) is 61.4 Å². The highest BCUT2D eigenvalue weighted by molar-refractivity contribution is 6.01. The van der Waals surface area contributed by atoms with E-state index in [1.165, 1.54) is 12.1 Å². The van der Waals surface area contributed by atoms with E-state index < -0.39 is 6.04 Å². The number of hydrogen-bond acceptors (Lipinski definition) is 2. The normalized spacial score (nSPS) is 20.7. The molecule has 1 aromatic carbocycles. The van der Waals surface area contributed by atoms with Gasteiger partial charge in [0.15, 0.2) is 0 Å². The second-order valence-electron chi connectivity index (χ2n) is 6.39. The summed E-state index contributed by atoms with van der Waals surface area (Å²) in [4.78, 5) is 26.3. The van der Waals surface area contributed by atoms with Gasteiger partial charge in [-0.3, -0.25) is 4.79 Å². The molecule has 0 fully saturated rings. The van der Waals surface area contributed by atoms with Crippen molar-refractivity contribution in [3.05, 3.63) is 46.9 Å². The van der Waals surface area contributed by atoms with Crippen molar-refractivity contribution in [3.8, 4) is 0 Å². The van der Waals surface area contributed by atoms with Crippen LogP contribution in [0.1, 0.15) is 31.9 Å². The van der Waals surface area contributed by atoms with Crippen LogP contribution in [-0.2, 0) is 4.79 Å². The third-order valence-electron chi connectivity index (χ3n) is 4.18. The first-order valence-electron chi connectivity index (χ1n) is 7.81. The number of amides is 3. The molecular weight excluding hydrogens is 297 g/mol. The van der Waals surface area contributed by atoms with Crippen LogP contribution in [0.4, 0.5) is 9.18 Å². The maximum absolute atomic E-state index is 13.5. The van der Waals surface area contributed by atoms with E-state index in [0.29, 0.717) is 35.8 Å². The van der Waals surface area contributed by atoms with E-state index in [2.05, 4.69) is 24.5 Å². The highest BCUT2D eigenvalue weighted by Gasteiger charge is 2.40. The second kappa shape index (κ2) is 6.02. The molecule has 2 heterocycles. The van der Waals surface area contributed by atoms with Crippen LogP contribution in [0.3, 0.4) is 0 Å². The summed E-state index contributed by atoms with van der Waals surface area (Å²) in [5, 5.41) is 5.44. The molecule has 122 valence electrons. The Labute approximate surface area is 134 Å². The fourth-order valence-corrected chi connectivity index (χ4v) is 2.96. The van der Waals surface area contributed by atoms with Crippen molar-refractivity contribution in [1.29, 1.82) is 0 Å². The molecule has 3 rings (SSSR count). The lowest BCUT2D eigenvalue weighted by atomic mass is 9.96. The maximum atomic E-state index is 13.5. The lowest BCUT2D eigenvalue weighted by Gasteiger charge is -2.25. The molecule has 2 aliphatic rings. The lowest BCUT2D eigenvalue weighted by Crippen LogP contribution is -2.44. The summed E-state index contributed by atoms with van der Waals surface area (Å²) in [7, 11) is 0. The summed E-state index contributed by atoms with van der Waals surface area (Å²) in [6.45, 7) is 5.26. The standard InChI is InChI=1S/C17H20FN3O2/c1-10(2)6-7-21-9-13-14(16(21)22)15(20-17(23)19-13)11-4-3-5-12(18)8-11/h3-5,8,10,15H,6-7,9H2,1-2H3,(H2,19,20,23)/t15-/m0/s1.